The predicted octanol–water partition coefficient (Wildman–Crippen LogP) is 6.22. The highest BCUT2D eigenvalue weighted by molar-refractivity contribution is 5.76. The third kappa shape index (κ3) is 31.8. The molecule has 9 nitrogen and oxygen atoms in total. The quantitative estimate of drug-likeness (QED) is 0.0442. The number of unbranched alkanes of at least 4 members (excludes halogenated alkanes) is 5. The second-order valence-electron chi connectivity index (χ2n) is 10.4. The van der Waals surface area contributed by atoms with Crippen LogP contribution < -0.4 is 11.1 Å². The Morgan fingerprint density at radius 3 is 2.00 bits per heavy atom. The van der Waals surface area contributed by atoms with E-state index in [2.05, 4.69) is 30.3 Å². The van der Waals surface area contributed by atoms with Crippen LogP contribution in [0.5, 0.6) is 0 Å². The summed E-state index contributed by atoms with van der Waals surface area (Å²) in [5, 5.41) is 13.0. The Bertz CT molecular complexity index is 811. The van der Waals surface area contributed by atoms with Gasteiger partial charge >= 0.3 is 0 Å². The first-order valence-electron chi connectivity index (χ1n) is 16.0. The Morgan fingerprint density at radius 1 is 0.814 bits per heavy atom. The molecule has 0 fully saturated rings. The number of carbonyl (C=O) groups is 3. The number of allylic oxidation sites excluding steroid dienone is 4. The summed E-state index contributed by atoms with van der Waals surface area (Å²) in [5.41, 5.74) is 7.31. The fraction of sp³-hybridized carbons (Fsp3) is 0.676. The van der Waals surface area contributed by atoms with Crippen molar-refractivity contribution in [2.24, 2.45) is 5.73 Å². The van der Waals surface area contributed by atoms with Crippen molar-refractivity contribution in [1.82, 2.24) is 20.2 Å². The summed E-state index contributed by atoms with van der Waals surface area (Å²) in [7, 11) is 3.80. The third-order valence-corrected chi connectivity index (χ3v) is 6.37. The first-order valence-corrected chi connectivity index (χ1v) is 16.0. The van der Waals surface area contributed by atoms with Crippen molar-refractivity contribution in [3.05, 3.63) is 48.7 Å². The number of hydrogen-bond acceptors (Lipinski definition) is 6. The first kappa shape index (κ1) is 44.5. The minimum Gasteiger partial charge on any atom is -0.378 e. The van der Waals surface area contributed by atoms with Gasteiger partial charge in [-0.2, -0.15) is 0 Å². The Labute approximate surface area is 263 Å². The standard InChI is InChI=1S/C21H37N3O2.C11H22N2O2.C2H6/c1-6-7-8-12-17-23(4)19(2)14-15-21(26)22-16-11-9-10-13-18-24(5)20(3)25;1-10(2)6-7-11(14)13(15)9-5-3-4-8-12;1-2/h9-11,13H,2,6-8,12,14-18H2,1,3-5H3,(H,22,26);15H,1,3-9,12H2,2H3;1-2H3/b11-9+,13-10+;;. The predicted molar refractivity (Wildman–Crippen MR) is 182 cm³/mol. The van der Waals surface area contributed by atoms with Gasteiger partial charge in [0.2, 0.25) is 17.7 Å². The zero-order chi connectivity index (χ0) is 33.5. The molecule has 43 heavy (non-hydrogen) atoms. The van der Waals surface area contributed by atoms with E-state index in [-0.39, 0.29) is 17.7 Å². The van der Waals surface area contributed by atoms with Gasteiger partial charge in [-0.1, -0.05) is 82.9 Å². The summed E-state index contributed by atoms with van der Waals surface area (Å²) in [6, 6.07) is 0. The van der Waals surface area contributed by atoms with Gasteiger partial charge in [0.25, 0.3) is 0 Å². The van der Waals surface area contributed by atoms with Crippen LogP contribution in [0.25, 0.3) is 0 Å². The Kier molecular flexibility index (Phi) is 33.2. The van der Waals surface area contributed by atoms with Gasteiger partial charge in [0.15, 0.2) is 0 Å². The highest BCUT2D eigenvalue weighted by Crippen LogP contribution is 2.09. The Hall–Kier alpha value is -2.91. The summed E-state index contributed by atoms with van der Waals surface area (Å²) in [5.74, 6) is -0.152. The molecule has 9 heteroatoms. The third-order valence-electron chi connectivity index (χ3n) is 6.37. The summed E-state index contributed by atoms with van der Waals surface area (Å²) in [4.78, 5) is 38.0. The van der Waals surface area contributed by atoms with Gasteiger partial charge in [-0.05, 0) is 45.6 Å². The van der Waals surface area contributed by atoms with Gasteiger partial charge in [0.1, 0.15) is 0 Å². The van der Waals surface area contributed by atoms with Crippen LogP contribution >= 0.6 is 0 Å². The van der Waals surface area contributed by atoms with E-state index >= 15 is 0 Å². The molecule has 0 radical (unpaired) electrons. The minimum atomic E-state index is -0.231. The maximum atomic E-state index is 11.9. The van der Waals surface area contributed by atoms with Crippen molar-refractivity contribution in [3.63, 3.8) is 0 Å². The molecule has 0 bridgehead atoms. The number of carbonyl (C=O) groups excluding carboxylic acids is 3. The molecule has 250 valence electrons. The van der Waals surface area contributed by atoms with E-state index in [1.807, 2.05) is 52.1 Å². The normalized spacial score (nSPS) is 10.3. The lowest BCUT2D eigenvalue weighted by molar-refractivity contribution is -0.165. The molecule has 0 saturated heterocycles. The average Bonchev–Trinajstić information content (AvgIpc) is 2.99. The van der Waals surface area contributed by atoms with Crippen molar-refractivity contribution >= 4 is 17.7 Å². The van der Waals surface area contributed by atoms with E-state index in [0.717, 1.165) is 42.1 Å². The first-order chi connectivity index (χ1) is 20.5. The largest absolute Gasteiger partial charge is 0.378 e. The molecule has 4 N–H and O–H groups in total. The fourth-order valence-corrected chi connectivity index (χ4v) is 3.37. The van der Waals surface area contributed by atoms with Crippen LogP contribution in [0, 0.1) is 0 Å². The van der Waals surface area contributed by atoms with Crippen LogP contribution in [-0.2, 0) is 14.4 Å². The Morgan fingerprint density at radius 2 is 1.42 bits per heavy atom. The number of amides is 3. The summed E-state index contributed by atoms with van der Waals surface area (Å²) < 4.78 is 0. The van der Waals surface area contributed by atoms with Crippen LogP contribution in [0.3, 0.4) is 0 Å². The molecule has 0 aliphatic carbocycles. The molecule has 0 aromatic rings. The summed E-state index contributed by atoms with van der Waals surface area (Å²) in [6.07, 6.45) is 17.3. The number of hydrogen-bond donors (Lipinski definition) is 3. The van der Waals surface area contributed by atoms with E-state index in [1.54, 1.807) is 11.9 Å². The molecule has 0 rings (SSSR count). The number of likely N-dealkylation sites (N-methyl/N-ethyl adjacent to an activating group) is 1. The molecule has 0 unspecified atom stereocenters. The molecular formula is C34H65N5O4. The second-order valence-corrected chi connectivity index (χ2v) is 10.4. The zero-order valence-electron chi connectivity index (χ0n) is 28.6. The monoisotopic (exact) mass is 608 g/mol. The van der Waals surface area contributed by atoms with Crippen molar-refractivity contribution in [3.8, 4) is 0 Å². The van der Waals surface area contributed by atoms with E-state index in [4.69, 9.17) is 5.73 Å². The van der Waals surface area contributed by atoms with E-state index in [0.29, 0.717) is 51.9 Å². The molecule has 0 aromatic heterocycles. The zero-order valence-corrected chi connectivity index (χ0v) is 28.6. The number of nitrogens with two attached hydrogens (primary N) is 1. The molecular weight excluding hydrogens is 542 g/mol. The topological polar surface area (TPSA) is 119 Å². The van der Waals surface area contributed by atoms with Gasteiger partial charge in [-0.15, -0.1) is 6.58 Å². The van der Waals surface area contributed by atoms with Crippen LogP contribution in [0.2, 0.25) is 0 Å². The van der Waals surface area contributed by atoms with Gasteiger partial charge in [-0.3, -0.25) is 19.6 Å². The number of hydroxylamine groups is 2. The summed E-state index contributed by atoms with van der Waals surface area (Å²) in [6.45, 7) is 20.6. The van der Waals surface area contributed by atoms with Crippen molar-refractivity contribution in [2.45, 2.75) is 105 Å². The van der Waals surface area contributed by atoms with Gasteiger partial charge in [0, 0.05) is 65.7 Å². The number of nitrogens with zero attached hydrogens (tertiary/aromatic N) is 3. The van der Waals surface area contributed by atoms with Gasteiger partial charge in [-0.25, -0.2) is 5.06 Å². The highest BCUT2D eigenvalue weighted by Gasteiger charge is 2.09. The minimum absolute atomic E-state index is 0.0375. The molecule has 0 heterocycles. The van der Waals surface area contributed by atoms with Gasteiger partial charge in [0.05, 0.1) is 0 Å². The van der Waals surface area contributed by atoms with Crippen molar-refractivity contribution < 1.29 is 19.6 Å². The maximum absolute atomic E-state index is 11.9. The Balaban J connectivity index is -0.000000798. The molecule has 0 atom stereocenters. The smallest absolute Gasteiger partial charge is 0.246 e. The lowest BCUT2D eigenvalue weighted by Crippen LogP contribution is -2.28. The van der Waals surface area contributed by atoms with E-state index in [9.17, 15) is 19.6 Å². The molecule has 0 aliphatic heterocycles. The number of nitrogens with one attached hydrogen (secondary N) is 1. The lowest BCUT2D eigenvalue weighted by Gasteiger charge is -2.21. The summed E-state index contributed by atoms with van der Waals surface area (Å²) >= 11 is 0. The second kappa shape index (κ2) is 32.0. The van der Waals surface area contributed by atoms with Gasteiger partial charge < -0.3 is 20.9 Å². The molecule has 0 spiro atoms. The maximum Gasteiger partial charge on any atom is 0.246 e. The van der Waals surface area contributed by atoms with Crippen LogP contribution in [0.15, 0.2) is 48.7 Å². The highest BCUT2D eigenvalue weighted by atomic mass is 16.5. The molecule has 0 aliphatic rings. The van der Waals surface area contributed by atoms with E-state index < -0.39 is 0 Å². The molecule has 0 aromatic carbocycles. The fourth-order valence-electron chi connectivity index (χ4n) is 3.37. The van der Waals surface area contributed by atoms with Crippen LogP contribution in [-0.4, -0.2) is 84.6 Å². The van der Waals surface area contributed by atoms with Crippen molar-refractivity contribution in [2.75, 3.05) is 46.8 Å². The SMILES string of the molecule is C=C(C)CCC(=O)N(O)CCCCCN.C=C(CCC(=O)NC/C=C/C=C/CN(C)C(C)=O)N(C)CCCCCC.CC. The van der Waals surface area contributed by atoms with Crippen LogP contribution in [0.4, 0.5) is 0 Å². The lowest BCUT2D eigenvalue weighted by atomic mass is 10.2. The average molecular weight is 608 g/mol. The molecule has 3 amide bonds. The van der Waals surface area contributed by atoms with E-state index in [1.165, 1.54) is 32.6 Å². The molecule has 0 saturated carbocycles. The number of rotatable bonds is 22. The van der Waals surface area contributed by atoms with Crippen LogP contribution in [0.1, 0.15) is 105 Å². The van der Waals surface area contributed by atoms with Crippen molar-refractivity contribution in [1.29, 1.82) is 0 Å².